The minimum atomic E-state index is 0.163. The van der Waals surface area contributed by atoms with Gasteiger partial charge in [-0.15, -0.1) is 10.2 Å². The summed E-state index contributed by atoms with van der Waals surface area (Å²) in [6.07, 6.45) is 4.80. The Morgan fingerprint density at radius 2 is 1.95 bits per heavy atom. The molecule has 4 nitrogen and oxygen atoms in total. The van der Waals surface area contributed by atoms with Gasteiger partial charge in [-0.3, -0.25) is 0 Å². The van der Waals surface area contributed by atoms with Crippen LogP contribution in [0.5, 0.6) is 0 Å². The first-order valence-electron chi connectivity index (χ1n) is 7.18. The predicted octanol–water partition coefficient (Wildman–Crippen LogP) is 3.94. The van der Waals surface area contributed by atoms with Gasteiger partial charge in [0.2, 0.25) is 0 Å². The molecule has 0 amide bonds. The third kappa shape index (κ3) is 2.87. The molecule has 1 aromatic carbocycles. The first-order chi connectivity index (χ1) is 9.74. The lowest BCUT2D eigenvalue weighted by molar-refractivity contribution is 0.589. The average molecular weight is 335 g/mol. The summed E-state index contributed by atoms with van der Waals surface area (Å²) in [6.45, 7) is 3.19. The van der Waals surface area contributed by atoms with Gasteiger partial charge < -0.3 is 9.88 Å². The average Bonchev–Trinajstić information content (AvgIpc) is 2.71. The summed E-state index contributed by atoms with van der Waals surface area (Å²) in [5, 5.41) is 12.3. The molecule has 0 aliphatic carbocycles. The Kier molecular flexibility index (Phi) is 4.05. The largest absolute Gasteiger partial charge is 0.375 e. The number of benzene rings is 1. The number of hydrogen-bond acceptors (Lipinski definition) is 3. The molecule has 0 spiro atoms. The minimum absolute atomic E-state index is 0.163. The molecule has 3 rings (SSSR count). The van der Waals surface area contributed by atoms with Crippen LogP contribution in [0.2, 0.25) is 0 Å². The number of halogens is 1. The van der Waals surface area contributed by atoms with E-state index in [0.29, 0.717) is 0 Å². The molecule has 106 valence electrons. The Morgan fingerprint density at radius 1 is 1.15 bits per heavy atom. The molecule has 2 aromatic rings. The maximum atomic E-state index is 4.39. The van der Waals surface area contributed by atoms with E-state index in [1.165, 1.54) is 19.3 Å². The Morgan fingerprint density at radius 3 is 2.75 bits per heavy atom. The second-order valence-electron chi connectivity index (χ2n) is 5.31. The maximum absolute atomic E-state index is 4.39. The van der Waals surface area contributed by atoms with Crippen molar-refractivity contribution in [1.29, 1.82) is 0 Å². The van der Waals surface area contributed by atoms with Crippen molar-refractivity contribution in [3.05, 3.63) is 40.4 Å². The number of anilines is 1. The molecule has 1 aliphatic rings. The summed E-state index contributed by atoms with van der Waals surface area (Å²) in [7, 11) is 0. The first-order valence-corrected chi connectivity index (χ1v) is 7.97. The SMILES string of the molecule is C[C@@H](Nc1ccc(Br)cc1)c1nnc2n1CCCCC2. The molecule has 2 heterocycles. The van der Waals surface area contributed by atoms with E-state index >= 15 is 0 Å². The highest BCUT2D eigenvalue weighted by atomic mass is 79.9. The van der Waals surface area contributed by atoms with Gasteiger partial charge in [0.05, 0.1) is 6.04 Å². The Balaban J connectivity index is 1.78. The number of aromatic nitrogens is 3. The molecular weight excluding hydrogens is 316 g/mol. The predicted molar refractivity (Wildman–Crippen MR) is 83.8 cm³/mol. The molecule has 0 bridgehead atoms. The van der Waals surface area contributed by atoms with E-state index in [1.807, 2.05) is 12.1 Å². The van der Waals surface area contributed by atoms with Crippen LogP contribution < -0.4 is 5.32 Å². The standard InChI is InChI=1S/C15H19BrN4/c1-11(17-13-8-6-12(16)7-9-13)15-19-18-14-5-3-2-4-10-20(14)15/h6-9,11,17H,2-5,10H2,1H3/t11-/m1/s1. The summed E-state index contributed by atoms with van der Waals surface area (Å²) < 4.78 is 3.39. The van der Waals surface area contributed by atoms with Crippen LogP contribution in [0.3, 0.4) is 0 Å². The molecule has 1 aromatic heterocycles. The summed E-state index contributed by atoms with van der Waals surface area (Å²) in [5.74, 6) is 2.19. The smallest absolute Gasteiger partial charge is 0.155 e. The molecule has 1 aliphatic heterocycles. The fourth-order valence-electron chi connectivity index (χ4n) is 2.69. The van der Waals surface area contributed by atoms with Gasteiger partial charge in [0.15, 0.2) is 5.82 Å². The van der Waals surface area contributed by atoms with E-state index in [9.17, 15) is 0 Å². The van der Waals surface area contributed by atoms with Crippen LogP contribution in [0.1, 0.15) is 43.9 Å². The third-order valence-electron chi connectivity index (χ3n) is 3.75. The number of nitrogens with one attached hydrogen (secondary N) is 1. The van der Waals surface area contributed by atoms with Crippen LogP contribution >= 0.6 is 15.9 Å². The fourth-order valence-corrected chi connectivity index (χ4v) is 2.95. The van der Waals surface area contributed by atoms with Gasteiger partial charge in [-0.25, -0.2) is 0 Å². The minimum Gasteiger partial charge on any atom is -0.375 e. The molecule has 0 unspecified atom stereocenters. The molecule has 20 heavy (non-hydrogen) atoms. The summed E-state index contributed by atoms with van der Waals surface area (Å²) in [6, 6.07) is 8.38. The highest BCUT2D eigenvalue weighted by Gasteiger charge is 2.18. The highest BCUT2D eigenvalue weighted by molar-refractivity contribution is 9.10. The van der Waals surface area contributed by atoms with Gasteiger partial charge in [-0.05, 0) is 44.0 Å². The van der Waals surface area contributed by atoms with Crippen molar-refractivity contribution in [2.24, 2.45) is 0 Å². The van der Waals surface area contributed by atoms with Crippen molar-refractivity contribution in [1.82, 2.24) is 14.8 Å². The molecule has 0 radical (unpaired) electrons. The van der Waals surface area contributed by atoms with E-state index < -0.39 is 0 Å². The maximum Gasteiger partial charge on any atom is 0.155 e. The van der Waals surface area contributed by atoms with Gasteiger partial charge in [0.25, 0.3) is 0 Å². The third-order valence-corrected chi connectivity index (χ3v) is 4.28. The zero-order valence-corrected chi connectivity index (χ0v) is 13.2. The zero-order valence-electron chi connectivity index (χ0n) is 11.6. The first kappa shape index (κ1) is 13.6. The van der Waals surface area contributed by atoms with Crippen molar-refractivity contribution in [3.8, 4) is 0 Å². The lowest BCUT2D eigenvalue weighted by Crippen LogP contribution is -2.14. The van der Waals surface area contributed by atoms with Gasteiger partial charge >= 0.3 is 0 Å². The van der Waals surface area contributed by atoms with E-state index in [4.69, 9.17) is 0 Å². The number of rotatable bonds is 3. The van der Waals surface area contributed by atoms with Gasteiger partial charge in [-0.2, -0.15) is 0 Å². The van der Waals surface area contributed by atoms with Gasteiger partial charge in [0.1, 0.15) is 5.82 Å². The lowest BCUT2D eigenvalue weighted by Gasteiger charge is -2.16. The van der Waals surface area contributed by atoms with Crippen molar-refractivity contribution in [3.63, 3.8) is 0 Å². The molecule has 0 saturated heterocycles. The van der Waals surface area contributed by atoms with Crippen LogP contribution in [0.4, 0.5) is 5.69 Å². The topological polar surface area (TPSA) is 42.7 Å². The van der Waals surface area contributed by atoms with Crippen LogP contribution in [0, 0.1) is 0 Å². The van der Waals surface area contributed by atoms with Crippen molar-refractivity contribution >= 4 is 21.6 Å². The lowest BCUT2D eigenvalue weighted by atomic mass is 10.2. The second kappa shape index (κ2) is 5.95. The summed E-state index contributed by atoms with van der Waals surface area (Å²) in [4.78, 5) is 0. The Hall–Kier alpha value is -1.36. The zero-order chi connectivity index (χ0) is 13.9. The highest BCUT2D eigenvalue weighted by Crippen LogP contribution is 2.22. The normalized spacial score (nSPS) is 16.3. The van der Waals surface area contributed by atoms with E-state index in [-0.39, 0.29) is 6.04 Å². The number of hydrogen-bond donors (Lipinski definition) is 1. The van der Waals surface area contributed by atoms with Crippen LogP contribution in [-0.4, -0.2) is 14.8 Å². The molecule has 0 saturated carbocycles. The molecule has 5 heteroatoms. The second-order valence-corrected chi connectivity index (χ2v) is 6.23. The fraction of sp³-hybridized carbons (Fsp3) is 0.467. The van der Waals surface area contributed by atoms with Gasteiger partial charge in [0, 0.05) is 23.1 Å². The van der Waals surface area contributed by atoms with Crippen LogP contribution in [0.15, 0.2) is 28.7 Å². The number of aryl methyl sites for hydroxylation is 1. The van der Waals surface area contributed by atoms with Gasteiger partial charge in [-0.1, -0.05) is 22.4 Å². The van der Waals surface area contributed by atoms with E-state index in [1.54, 1.807) is 0 Å². The van der Waals surface area contributed by atoms with Crippen LogP contribution in [-0.2, 0) is 13.0 Å². The number of nitrogens with zero attached hydrogens (tertiary/aromatic N) is 3. The summed E-state index contributed by atoms with van der Waals surface area (Å²) >= 11 is 3.45. The quantitative estimate of drug-likeness (QED) is 0.924. The van der Waals surface area contributed by atoms with Crippen LogP contribution in [0.25, 0.3) is 0 Å². The monoisotopic (exact) mass is 334 g/mol. The number of fused-ring (bicyclic) bond motifs is 1. The molecule has 1 atom stereocenters. The van der Waals surface area contributed by atoms with Crippen molar-refractivity contribution in [2.75, 3.05) is 5.32 Å². The Labute approximate surface area is 127 Å². The van der Waals surface area contributed by atoms with E-state index in [2.05, 4.69) is 55.1 Å². The molecule has 0 fully saturated rings. The van der Waals surface area contributed by atoms with E-state index in [0.717, 1.165) is 34.8 Å². The van der Waals surface area contributed by atoms with Crippen molar-refractivity contribution in [2.45, 2.75) is 45.2 Å². The Bertz CT molecular complexity index is 576. The van der Waals surface area contributed by atoms with Crippen molar-refractivity contribution < 1.29 is 0 Å². The summed E-state index contributed by atoms with van der Waals surface area (Å²) in [5.41, 5.74) is 1.10. The molecular formula is C15H19BrN4. The molecule has 1 N–H and O–H groups in total.